The van der Waals surface area contributed by atoms with Crippen molar-refractivity contribution in [3.63, 3.8) is 0 Å². The summed E-state index contributed by atoms with van der Waals surface area (Å²) in [4.78, 5) is 27.1. The smallest absolute Gasteiger partial charge is 0.226 e. The first-order valence-electron chi connectivity index (χ1n) is 9.04. The van der Waals surface area contributed by atoms with Crippen LogP contribution in [-0.4, -0.2) is 34.6 Å². The van der Waals surface area contributed by atoms with Gasteiger partial charge in [0, 0.05) is 42.3 Å². The fraction of sp³-hybridized carbons (Fsp3) is 0.737. The number of amides is 1. The Labute approximate surface area is 142 Å². The van der Waals surface area contributed by atoms with E-state index in [0.717, 1.165) is 37.1 Å². The summed E-state index contributed by atoms with van der Waals surface area (Å²) in [6.07, 6.45) is 6.59. The first-order valence-corrected chi connectivity index (χ1v) is 9.04. The first kappa shape index (κ1) is 15.9. The largest absolute Gasteiger partial charge is 0.411 e. The van der Waals surface area contributed by atoms with Crippen molar-refractivity contribution in [2.24, 2.45) is 33.7 Å². The molecule has 0 aromatic heterocycles. The van der Waals surface area contributed by atoms with Crippen molar-refractivity contribution in [3.8, 4) is 0 Å². The van der Waals surface area contributed by atoms with Gasteiger partial charge in [-0.1, -0.05) is 25.1 Å². The molecule has 4 aliphatic rings. The molecule has 4 rings (SSSR count). The van der Waals surface area contributed by atoms with Crippen molar-refractivity contribution >= 4 is 17.4 Å². The molecular formula is C19H26N2O3. The molecule has 5 atom stereocenters. The molecule has 0 aromatic carbocycles. The van der Waals surface area contributed by atoms with Gasteiger partial charge in [0.05, 0.1) is 5.71 Å². The number of ketones is 1. The molecule has 2 saturated carbocycles. The van der Waals surface area contributed by atoms with Crippen LogP contribution >= 0.6 is 0 Å². The molecule has 5 unspecified atom stereocenters. The van der Waals surface area contributed by atoms with Gasteiger partial charge >= 0.3 is 0 Å². The highest BCUT2D eigenvalue weighted by Gasteiger charge is 2.62. The number of carbonyl (C=O) groups excluding carboxylic acids is 2. The highest BCUT2D eigenvalue weighted by molar-refractivity contribution is 5.98. The second kappa shape index (κ2) is 4.93. The molecule has 24 heavy (non-hydrogen) atoms. The summed E-state index contributed by atoms with van der Waals surface area (Å²) in [6, 6.07) is 0. The Balaban J connectivity index is 1.78. The number of hydrogen-bond acceptors (Lipinski definition) is 4. The average molecular weight is 330 g/mol. The van der Waals surface area contributed by atoms with Crippen molar-refractivity contribution in [2.45, 2.75) is 52.4 Å². The fourth-order valence-electron chi connectivity index (χ4n) is 6.38. The van der Waals surface area contributed by atoms with Gasteiger partial charge in [-0.05, 0) is 37.5 Å². The lowest BCUT2D eigenvalue weighted by molar-refractivity contribution is -0.146. The van der Waals surface area contributed by atoms with Gasteiger partial charge in [-0.2, -0.15) is 0 Å². The number of piperidine rings is 1. The van der Waals surface area contributed by atoms with Crippen LogP contribution in [-0.2, 0) is 9.59 Å². The Kier molecular flexibility index (Phi) is 3.26. The average Bonchev–Trinajstić information content (AvgIpc) is 2.86. The quantitative estimate of drug-likeness (QED) is 0.548. The Morgan fingerprint density at radius 1 is 1.25 bits per heavy atom. The topological polar surface area (TPSA) is 70.0 Å². The van der Waals surface area contributed by atoms with E-state index in [1.807, 2.05) is 7.05 Å². The summed E-state index contributed by atoms with van der Waals surface area (Å²) in [5, 5.41) is 12.9. The van der Waals surface area contributed by atoms with Crippen LogP contribution in [0.15, 0.2) is 16.9 Å². The van der Waals surface area contributed by atoms with E-state index in [4.69, 9.17) is 0 Å². The molecule has 130 valence electrons. The van der Waals surface area contributed by atoms with Crippen molar-refractivity contribution in [2.75, 3.05) is 7.05 Å². The normalized spacial score (nSPS) is 46.5. The van der Waals surface area contributed by atoms with E-state index in [0.29, 0.717) is 24.7 Å². The van der Waals surface area contributed by atoms with Crippen molar-refractivity contribution in [1.82, 2.24) is 4.90 Å². The van der Waals surface area contributed by atoms with E-state index in [1.54, 1.807) is 4.90 Å². The van der Waals surface area contributed by atoms with E-state index in [1.165, 1.54) is 0 Å². The van der Waals surface area contributed by atoms with E-state index in [9.17, 15) is 14.8 Å². The maximum atomic E-state index is 13.2. The number of fused-ring (bicyclic) bond motifs is 5. The zero-order chi connectivity index (χ0) is 17.3. The second-order valence-corrected chi connectivity index (χ2v) is 8.59. The maximum absolute atomic E-state index is 13.2. The number of rotatable bonds is 0. The number of nitrogens with zero attached hydrogens (tertiary/aromatic N) is 2. The molecule has 5 heteroatoms. The zero-order valence-electron chi connectivity index (χ0n) is 14.7. The number of oxime groups is 1. The predicted octanol–water partition coefficient (Wildman–Crippen LogP) is 2.98. The number of carbonyl (C=O) groups is 2. The van der Waals surface area contributed by atoms with Gasteiger partial charge in [-0.25, -0.2) is 0 Å². The lowest BCUT2D eigenvalue weighted by atomic mass is 9.49. The number of allylic oxidation sites excluding steroid dienone is 2. The molecule has 5 nitrogen and oxygen atoms in total. The van der Waals surface area contributed by atoms with E-state index in [-0.39, 0.29) is 28.4 Å². The Morgan fingerprint density at radius 3 is 2.71 bits per heavy atom. The van der Waals surface area contributed by atoms with Gasteiger partial charge in [0.15, 0.2) is 0 Å². The minimum Gasteiger partial charge on any atom is -0.411 e. The van der Waals surface area contributed by atoms with Crippen molar-refractivity contribution in [1.29, 1.82) is 0 Å². The van der Waals surface area contributed by atoms with Crippen molar-refractivity contribution in [3.05, 3.63) is 11.8 Å². The van der Waals surface area contributed by atoms with Gasteiger partial charge in [0.2, 0.25) is 5.91 Å². The number of Topliss-reactive ketones (excluding diaryl/α,β-unsaturated/α-hetero) is 1. The summed E-state index contributed by atoms with van der Waals surface area (Å²) in [5.74, 6) is 1.12. The van der Waals surface area contributed by atoms with Crippen LogP contribution in [0.5, 0.6) is 0 Å². The zero-order valence-corrected chi connectivity index (χ0v) is 14.7. The molecule has 1 saturated heterocycles. The predicted molar refractivity (Wildman–Crippen MR) is 89.5 cm³/mol. The molecule has 0 radical (unpaired) electrons. The van der Waals surface area contributed by atoms with E-state index < -0.39 is 0 Å². The van der Waals surface area contributed by atoms with Crippen molar-refractivity contribution < 1.29 is 14.8 Å². The van der Waals surface area contributed by atoms with Crippen LogP contribution in [0.3, 0.4) is 0 Å². The molecule has 0 bridgehead atoms. The van der Waals surface area contributed by atoms with E-state index in [2.05, 4.69) is 25.1 Å². The lowest BCUT2D eigenvalue weighted by Crippen LogP contribution is -2.57. The summed E-state index contributed by atoms with van der Waals surface area (Å²) in [5.41, 5.74) is 1.33. The SMILES string of the molecule is CN1C(=O)CCC2(C)C1=CCC1C2C(=O)CC2(C)/C(=N/O)CCC12. The Bertz CT molecular complexity index is 682. The highest BCUT2D eigenvalue weighted by Crippen LogP contribution is 2.62. The molecule has 1 amide bonds. The fourth-order valence-corrected chi connectivity index (χ4v) is 6.38. The van der Waals surface area contributed by atoms with Crippen LogP contribution in [0.2, 0.25) is 0 Å². The summed E-state index contributed by atoms with van der Waals surface area (Å²) < 4.78 is 0. The van der Waals surface area contributed by atoms with Crippen LogP contribution in [0.25, 0.3) is 0 Å². The van der Waals surface area contributed by atoms with E-state index >= 15 is 0 Å². The molecule has 3 fully saturated rings. The standard InChI is InChI=1S/C19H26N2O3/c1-18-9-8-16(23)21(3)15(18)7-4-11-12-5-6-14(20-24)19(12,2)10-13(22)17(11)18/h7,11-12,17,24H,4-6,8-10H2,1-3H3/b20-14+. The molecule has 0 spiro atoms. The monoisotopic (exact) mass is 330 g/mol. The second-order valence-electron chi connectivity index (χ2n) is 8.59. The molecule has 1 heterocycles. The third kappa shape index (κ3) is 1.78. The van der Waals surface area contributed by atoms with Gasteiger partial charge in [0.25, 0.3) is 0 Å². The summed E-state index contributed by atoms with van der Waals surface area (Å²) >= 11 is 0. The molecule has 1 N–H and O–H groups in total. The summed E-state index contributed by atoms with van der Waals surface area (Å²) in [7, 11) is 1.84. The number of hydrogen-bond donors (Lipinski definition) is 1. The van der Waals surface area contributed by atoms with Crippen LogP contribution in [0, 0.1) is 28.6 Å². The van der Waals surface area contributed by atoms with Gasteiger partial charge < -0.3 is 10.1 Å². The van der Waals surface area contributed by atoms with Gasteiger partial charge in [-0.15, -0.1) is 0 Å². The number of likely N-dealkylation sites (tertiary alicyclic amines) is 1. The lowest BCUT2D eigenvalue weighted by Gasteiger charge is -2.56. The van der Waals surface area contributed by atoms with Gasteiger partial charge in [0.1, 0.15) is 5.78 Å². The maximum Gasteiger partial charge on any atom is 0.226 e. The minimum atomic E-state index is -0.287. The van der Waals surface area contributed by atoms with Crippen LogP contribution in [0.1, 0.15) is 52.4 Å². The van der Waals surface area contributed by atoms with Crippen LogP contribution < -0.4 is 0 Å². The Morgan fingerprint density at radius 2 is 2.00 bits per heavy atom. The minimum absolute atomic E-state index is 0.0100. The highest BCUT2D eigenvalue weighted by atomic mass is 16.4. The molecule has 3 aliphatic carbocycles. The van der Waals surface area contributed by atoms with Crippen LogP contribution in [0.4, 0.5) is 0 Å². The molecule has 0 aromatic rings. The first-order chi connectivity index (χ1) is 11.3. The third-order valence-electron chi connectivity index (χ3n) is 7.57. The summed E-state index contributed by atoms with van der Waals surface area (Å²) in [6.45, 7) is 4.28. The molecule has 1 aliphatic heterocycles. The Hall–Kier alpha value is -1.65. The third-order valence-corrected chi connectivity index (χ3v) is 7.57. The molecular weight excluding hydrogens is 304 g/mol. The van der Waals surface area contributed by atoms with Gasteiger partial charge in [-0.3, -0.25) is 9.59 Å².